The van der Waals surface area contributed by atoms with E-state index < -0.39 is 5.97 Å². The first-order valence-electron chi connectivity index (χ1n) is 10.5. The molecule has 5 heteroatoms. The minimum absolute atomic E-state index is 0.0476. The van der Waals surface area contributed by atoms with E-state index in [2.05, 4.69) is 17.0 Å². The predicted molar refractivity (Wildman–Crippen MR) is 106 cm³/mol. The number of carboxylic acid groups (broad SMARTS) is 1. The Hall–Kier alpha value is -1.88. The number of hydrogen-bond acceptors (Lipinski definition) is 3. The number of piperidine rings is 1. The molecule has 0 bridgehead atoms. The smallest absolute Gasteiger partial charge is 0.303 e. The highest BCUT2D eigenvalue weighted by molar-refractivity contribution is 5.94. The Labute approximate surface area is 162 Å². The van der Waals surface area contributed by atoms with Crippen molar-refractivity contribution in [3.8, 4) is 0 Å². The number of carbonyl (C=O) groups is 2. The molecule has 1 unspecified atom stereocenters. The van der Waals surface area contributed by atoms with Crippen LogP contribution in [0.25, 0.3) is 0 Å². The van der Waals surface area contributed by atoms with Crippen molar-refractivity contribution < 1.29 is 14.7 Å². The first-order valence-corrected chi connectivity index (χ1v) is 10.5. The quantitative estimate of drug-likeness (QED) is 0.822. The van der Waals surface area contributed by atoms with Crippen LogP contribution in [0, 0.1) is 0 Å². The van der Waals surface area contributed by atoms with E-state index in [4.69, 9.17) is 5.11 Å². The van der Waals surface area contributed by atoms with E-state index in [9.17, 15) is 9.59 Å². The summed E-state index contributed by atoms with van der Waals surface area (Å²) in [5.41, 5.74) is 1.98. The maximum atomic E-state index is 13.0. The average molecular weight is 373 g/mol. The van der Waals surface area contributed by atoms with E-state index in [0.717, 1.165) is 37.9 Å². The van der Waals surface area contributed by atoms with Crippen LogP contribution in [0.1, 0.15) is 73.7 Å². The van der Waals surface area contributed by atoms with Gasteiger partial charge >= 0.3 is 5.97 Å². The Morgan fingerprint density at radius 3 is 2.26 bits per heavy atom. The largest absolute Gasteiger partial charge is 0.481 e. The van der Waals surface area contributed by atoms with Crippen molar-refractivity contribution >= 4 is 11.9 Å². The molecule has 3 rings (SSSR count). The molecule has 1 N–H and O–H groups in total. The Balaban J connectivity index is 1.60. The summed E-state index contributed by atoms with van der Waals surface area (Å²) in [7, 11) is 0. The molecule has 1 amide bonds. The number of rotatable bonds is 6. The minimum atomic E-state index is -0.786. The third-order valence-corrected chi connectivity index (χ3v) is 5.89. The number of hydrogen-bond donors (Lipinski definition) is 1. The van der Waals surface area contributed by atoms with Crippen molar-refractivity contribution in [3.63, 3.8) is 0 Å². The zero-order valence-electron chi connectivity index (χ0n) is 16.2. The molecule has 0 radical (unpaired) electrons. The van der Waals surface area contributed by atoms with Gasteiger partial charge in [-0.25, -0.2) is 0 Å². The van der Waals surface area contributed by atoms with Crippen LogP contribution in [0.5, 0.6) is 0 Å². The molecule has 27 heavy (non-hydrogen) atoms. The third kappa shape index (κ3) is 5.80. The Bertz CT molecular complexity index is 621. The van der Waals surface area contributed by atoms with Crippen molar-refractivity contribution in [2.75, 3.05) is 19.6 Å². The van der Waals surface area contributed by atoms with Gasteiger partial charge in [-0.2, -0.15) is 0 Å². The molecule has 1 aromatic rings. The fourth-order valence-electron chi connectivity index (χ4n) is 4.33. The highest BCUT2D eigenvalue weighted by Gasteiger charge is 2.27. The lowest BCUT2D eigenvalue weighted by Crippen LogP contribution is -2.44. The number of carboxylic acids is 1. The summed E-state index contributed by atoms with van der Waals surface area (Å²) >= 11 is 0. The maximum Gasteiger partial charge on any atom is 0.303 e. The van der Waals surface area contributed by atoms with Crippen LogP contribution in [0.2, 0.25) is 0 Å². The van der Waals surface area contributed by atoms with Gasteiger partial charge in [0.05, 0.1) is 0 Å². The second kappa shape index (κ2) is 9.88. The molecule has 0 spiro atoms. The van der Waals surface area contributed by atoms with Gasteiger partial charge in [-0.3, -0.25) is 14.5 Å². The zero-order valence-corrected chi connectivity index (χ0v) is 16.2. The molecule has 2 saturated heterocycles. The maximum absolute atomic E-state index is 13.0. The fraction of sp³-hybridized carbons (Fsp3) is 0.636. The summed E-state index contributed by atoms with van der Waals surface area (Å²) in [5.74, 6) is -0.739. The number of benzene rings is 1. The highest BCUT2D eigenvalue weighted by atomic mass is 16.4. The van der Waals surface area contributed by atoms with Gasteiger partial charge in [-0.1, -0.05) is 25.0 Å². The van der Waals surface area contributed by atoms with E-state index in [-0.39, 0.29) is 18.4 Å². The fourth-order valence-corrected chi connectivity index (χ4v) is 4.33. The first kappa shape index (κ1) is 19.9. The van der Waals surface area contributed by atoms with Gasteiger partial charge in [0.25, 0.3) is 5.91 Å². The summed E-state index contributed by atoms with van der Waals surface area (Å²) in [6.07, 6.45) is 8.90. The molecular formula is C22H32N2O3. The van der Waals surface area contributed by atoms with Crippen LogP contribution in [0.3, 0.4) is 0 Å². The number of aliphatic carboxylic acids is 1. The summed E-state index contributed by atoms with van der Waals surface area (Å²) in [6, 6.07) is 8.10. The van der Waals surface area contributed by atoms with E-state index in [1.54, 1.807) is 0 Å². The van der Waals surface area contributed by atoms with Crippen molar-refractivity contribution in [2.45, 2.75) is 70.4 Å². The van der Waals surface area contributed by atoms with Crippen molar-refractivity contribution in [2.24, 2.45) is 0 Å². The first-order chi connectivity index (χ1) is 13.1. The monoisotopic (exact) mass is 372 g/mol. The second-order valence-corrected chi connectivity index (χ2v) is 7.97. The number of nitrogens with zero attached hydrogens (tertiary/aromatic N) is 2. The van der Waals surface area contributed by atoms with Gasteiger partial charge in [0, 0.05) is 31.1 Å². The van der Waals surface area contributed by atoms with Gasteiger partial charge in [0.15, 0.2) is 0 Å². The summed E-state index contributed by atoms with van der Waals surface area (Å²) in [5, 5.41) is 8.96. The highest BCUT2D eigenvalue weighted by Crippen LogP contribution is 2.23. The topological polar surface area (TPSA) is 60.9 Å². The lowest BCUT2D eigenvalue weighted by atomic mass is 9.96. The van der Waals surface area contributed by atoms with Crippen LogP contribution in [-0.2, 0) is 11.3 Å². The van der Waals surface area contributed by atoms with Crippen LogP contribution >= 0.6 is 0 Å². The molecule has 2 aliphatic heterocycles. The minimum Gasteiger partial charge on any atom is -0.481 e. The van der Waals surface area contributed by atoms with Gasteiger partial charge in [-0.05, 0) is 69.3 Å². The lowest BCUT2D eigenvalue weighted by Gasteiger charge is -2.35. The van der Waals surface area contributed by atoms with Crippen molar-refractivity contribution in [1.82, 2.24) is 9.80 Å². The zero-order chi connectivity index (χ0) is 19.1. The van der Waals surface area contributed by atoms with Crippen LogP contribution < -0.4 is 0 Å². The lowest BCUT2D eigenvalue weighted by molar-refractivity contribution is -0.137. The molecular weight excluding hydrogens is 340 g/mol. The van der Waals surface area contributed by atoms with E-state index in [1.807, 2.05) is 17.0 Å². The molecule has 0 saturated carbocycles. The molecule has 2 heterocycles. The van der Waals surface area contributed by atoms with Crippen LogP contribution in [0.4, 0.5) is 0 Å². The Kier molecular flexibility index (Phi) is 7.27. The van der Waals surface area contributed by atoms with E-state index >= 15 is 0 Å². The number of amides is 1. The Morgan fingerprint density at radius 1 is 0.926 bits per heavy atom. The molecule has 148 valence electrons. The molecule has 0 aromatic heterocycles. The molecule has 0 aliphatic carbocycles. The SMILES string of the molecule is O=C(O)CCC1CCCCN1C(=O)c1ccc(CN2CCCCCC2)cc1. The molecule has 5 nitrogen and oxygen atoms in total. The van der Waals surface area contributed by atoms with Crippen LogP contribution in [-0.4, -0.2) is 52.5 Å². The third-order valence-electron chi connectivity index (χ3n) is 5.89. The van der Waals surface area contributed by atoms with Crippen molar-refractivity contribution in [1.29, 1.82) is 0 Å². The summed E-state index contributed by atoms with van der Waals surface area (Å²) in [6.45, 7) is 4.03. The molecule has 2 aliphatic rings. The molecule has 2 fully saturated rings. The van der Waals surface area contributed by atoms with Gasteiger partial charge in [0.1, 0.15) is 0 Å². The normalized spacial score (nSPS) is 21.6. The summed E-state index contributed by atoms with van der Waals surface area (Å²) < 4.78 is 0. The summed E-state index contributed by atoms with van der Waals surface area (Å²) in [4.78, 5) is 28.3. The number of carbonyl (C=O) groups excluding carboxylic acids is 1. The van der Waals surface area contributed by atoms with Gasteiger partial charge in [0.2, 0.25) is 0 Å². The van der Waals surface area contributed by atoms with E-state index in [1.165, 1.54) is 44.3 Å². The average Bonchev–Trinajstić information content (AvgIpc) is 2.95. The molecule has 1 aromatic carbocycles. The van der Waals surface area contributed by atoms with Gasteiger partial charge in [-0.15, -0.1) is 0 Å². The van der Waals surface area contributed by atoms with Crippen LogP contribution in [0.15, 0.2) is 24.3 Å². The second-order valence-electron chi connectivity index (χ2n) is 7.97. The van der Waals surface area contributed by atoms with Crippen molar-refractivity contribution in [3.05, 3.63) is 35.4 Å². The Morgan fingerprint density at radius 2 is 1.59 bits per heavy atom. The van der Waals surface area contributed by atoms with Gasteiger partial charge < -0.3 is 10.0 Å². The standard InChI is InChI=1S/C22H32N2O3/c25-21(26)13-12-20-7-3-6-16-24(20)22(27)19-10-8-18(9-11-19)17-23-14-4-1-2-5-15-23/h8-11,20H,1-7,12-17H2,(H,25,26). The van der Waals surface area contributed by atoms with E-state index in [0.29, 0.717) is 6.42 Å². The number of likely N-dealkylation sites (tertiary alicyclic amines) is 2. The molecule has 1 atom stereocenters. The predicted octanol–water partition coefficient (Wildman–Crippen LogP) is 3.92.